The Morgan fingerprint density at radius 3 is 2.43 bits per heavy atom. The Morgan fingerprint density at radius 1 is 1.14 bits per heavy atom. The van der Waals surface area contributed by atoms with Gasteiger partial charge in [-0.15, -0.1) is 5.10 Å². The summed E-state index contributed by atoms with van der Waals surface area (Å²) in [5.41, 5.74) is 4.30. The zero-order chi connectivity index (χ0) is 10.7. The molecule has 3 heteroatoms. The summed E-state index contributed by atoms with van der Waals surface area (Å²) in [4.78, 5) is 0. The summed E-state index contributed by atoms with van der Waals surface area (Å²) < 4.78 is 2.08. The lowest BCUT2D eigenvalue weighted by molar-refractivity contribution is 0.952. The maximum atomic E-state index is 4.13. The fourth-order valence-electron chi connectivity index (χ4n) is 1.45. The fraction of sp³-hybridized carbons (Fsp3) is 0.455. The van der Waals surface area contributed by atoms with Crippen LogP contribution >= 0.6 is 0 Å². The van der Waals surface area contributed by atoms with Gasteiger partial charge in [0.05, 0.1) is 11.2 Å². The number of hydrogen-bond acceptors (Lipinski definition) is 2. The normalized spacial score (nSPS) is 9.79. The Hall–Kier alpha value is -1.38. The van der Waals surface area contributed by atoms with E-state index in [1.807, 2.05) is 34.7 Å². The number of rotatable bonds is 0. The minimum atomic E-state index is 0.962. The summed E-state index contributed by atoms with van der Waals surface area (Å²) in [5.74, 6) is 0. The predicted octanol–water partition coefficient (Wildman–Crippen LogP) is 2.61. The van der Waals surface area contributed by atoms with Gasteiger partial charge in [0, 0.05) is 13.2 Å². The van der Waals surface area contributed by atoms with Crippen molar-refractivity contribution in [2.45, 2.75) is 27.7 Å². The summed E-state index contributed by atoms with van der Waals surface area (Å²) in [5, 5.41) is 8.15. The maximum Gasteiger partial charge on any atom is 0.114 e. The summed E-state index contributed by atoms with van der Waals surface area (Å²) in [7, 11) is 2.02. The number of hydrogen-bond donors (Lipinski definition) is 0. The molecule has 76 valence electrons. The van der Waals surface area contributed by atoms with Crippen LogP contribution in [0.2, 0.25) is 0 Å². The molecule has 0 N–H and O–H groups in total. The van der Waals surface area contributed by atoms with E-state index in [4.69, 9.17) is 0 Å². The second-order valence-corrected chi connectivity index (χ2v) is 3.14. The third-order valence-electron chi connectivity index (χ3n) is 2.04. The Kier molecular flexibility index (Phi) is 3.23. The molecule has 2 aromatic heterocycles. The van der Waals surface area contributed by atoms with Gasteiger partial charge in [-0.2, -0.15) is 5.10 Å². The lowest BCUT2D eigenvalue weighted by Gasteiger charge is -1.94. The molecular formula is C11H17N3. The van der Waals surface area contributed by atoms with E-state index in [2.05, 4.69) is 27.0 Å². The highest BCUT2D eigenvalue weighted by Gasteiger charge is 2.03. The highest BCUT2D eigenvalue weighted by atomic mass is 15.1. The van der Waals surface area contributed by atoms with Crippen molar-refractivity contribution >= 4 is 11.0 Å². The Labute approximate surface area is 84.8 Å². The van der Waals surface area contributed by atoms with Crippen molar-refractivity contribution in [1.82, 2.24) is 14.8 Å². The van der Waals surface area contributed by atoms with Crippen LogP contribution in [0.25, 0.3) is 11.0 Å². The molecule has 0 saturated heterocycles. The molecule has 0 amide bonds. The Balaban J connectivity index is 0.000000461. The molecule has 14 heavy (non-hydrogen) atoms. The molecule has 0 bridgehead atoms. The monoisotopic (exact) mass is 191 g/mol. The highest BCUT2D eigenvalue weighted by Crippen LogP contribution is 2.16. The molecule has 0 radical (unpaired) electrons. The van der Waals surface area contributed by atoms with Gasteiger partial charge in [-0.05, 0) is 25.5 Å². The molecule has 0 aliphatic rings. The number of aryl methyl sites for hydroxylation is 3. The van der Waals surface area contributed by atoms with E-state index in [1.54, 1.807) is 0 Å². The first-order chi connectivity index (χ1) is 6.68. The molecule has 3 nitrogen and oxygen atoms in total. The fourth-order valence-corrected chi connectivity index (χ4v) is 1.45. The summed E-state index contributed by atoms with van der Waals surface area (Å²) in [6, 6.07) is 2.05. The van der Waals surface area contributed by atoms with Gasteiger partial charge in [0.2, 0.25) is 0 Å². The number of nitrogens with zero attached hydrogens (tertiary/aromatic N) is 3. The molecular weight excluding hydrogens is 174 g/mol. The molecule has 0 unspecified atom stereocenters. The predicted molar refractivity (Wildman–Crippen MR) is 59.3 cm³/mol. The van der Waals surface area contributed by atoms with Crippen LogP contribution in [-0.4, -0.2) is 14.8 Å². The molecule has 2 aromatic rings. The molecule has 0 saturated carbocycles. The first-order valence-electron chi connectivity index (χ1n) is 4.94. The van der Waals surface area contributed by atoms with E-state index in [1.165, 1.54) is 5.56 Å². The van der Waals surface area contributed by atoms with Gasteiger partial charge in [-0.1, -0.05) is 13.8 Å². The zero-order valence-corrected chi connectivity index (χ0v) is 9.50. The van der Waals surface area contributed by atoms with Crippen LogP contribution in [0.4, 0.5) is 0 Å². The first kappa shape index (κ1) is 10.7. The average molecular weight is 191 g/mol. The van der Waals surface area contributed by atoms with Crippen LogP contribution in [0, 0.1) is 13.8 Å². The number of fused-ring (bicyclic) bond motifs is 1. The third-order valence-corrected chi connectivity index (χ3v) is 2.04. The van der Waals surface area contributed by atoms with Crippen molar-refractivity contribution in [1.29, 1.82) is 0 Å². The summed E-state index contributed by atoms with van der Waals surface area (Å²) in [6.07, 6.45) is 2.07. The molecule has 2 rings (SSSR count). The topological polar surface area (TPSA) is 30.7 Å². The van der Waals surface area contributed by atoms with Crippen LogP contribution in [0.1, 0.15) is 25.1 Å². The van der Waals surface area contributed by atoms with E-state index in [9.17, 15) is 0 Å². The molecule has 0 spiro atoms. The van der Waals surface area contributed by atoms with Crippen molar-refractivity contribution in [3.63, 3.8) is 0 Å². The van der Waals surface area contributed by atoms with Crippen molar-refractivity contribution in [3.05, 3.63) is 23.5 Å². The molecule has 0 atom stereocenters. The quantitative estimate of drug-likeness (QED) is 0.641. The van der Waals surface area contributed by atoms with E-state index < -0.39 is 0 Å². The molecule has 0 aromatic carbocycles. The van der Waals surface area contributed by atoms with Gasteiger partial charge in [-0.3, -0.25) is 0 Å². The minimum absolute atomic E-state index is 0.962. The summed E-state index contributed by atoms with van der Waals surface area (Å²) in [6.45, 7) is 8.00. The first-order valence-corrected chi connectivity index (χ1v) is 4.94. The van der Waals surface area contributed by atoms with Crippen molar-refractivity contribution in [2.75, 3.05) is 0 Å². The van der Waals surface area contributed by atoms with Gasteiger partial charge in [0.15, 0.2) is 0 Å². The smallest absolute Gasteiger partial charge is 0.114 e. The largest absolute Gasteiger partial charge is 0.349 e. The van der Waals surface area contributed by atoms with E-state index in [0.717, 1.165) is 16.7 Å². The molecule has 0 fully saturated rings. The zero-order valence-electron chi connectivity index (χ0n) is 9.50. The van der Waals surface area contributed by atoms with Gasteiger partial charge in [0.1, 0.15) is 5.52 Å². The van der Waals surface area contributed by atoms with E-state index in [-0.39, 0.29) is 0 Å². The average Bonchev–Trinajstić information content (AvgIpc) is 2.46. The summed E-state index contributed by atoms with van der Waals surface area (Å²) >= 11 is 0. The van der Waals surface area contributed by atoms with Crippen LogP contribution in [0.15, 0.2) is 12.3 Å². The van der Waals surface area contributed by atoms with Crippen LogP contribution < -0.4 is 0 Å². The standard InChI is InChI=1S/C9H11N3.C2H6/c1-6-5-12(3)8-4-7(2)10-11-9(6)8;1-2/h4-5H,1-3H3;1-2H3. The maximum absolute atomic E-state index is 4.13. The van der Waals surface area contributed by atoms with Crippen molar-refractivity contribution in [2.24, 2.45) is 7.05 Å². The lowest BCUT2D eigenvalue weighted by Crippen LogP contribution is -1.89. The molecule has 2 heterocycles. The SMILES string of the molecule is CC.Cc1cc2c(nn1)c(C)cn2C. The molecule has 0 aliphatic carbocycles. The molecule has 0 aliphatic heterocycles. The van der Waals surface area contributed by atoms with Crippen LogP contribution in [0.3, 0.4) is 0 Å². The second kappa shape index (κ2) is 4.22. The Morgan fingerprint density at radius 2 is 1.79 bits per heavy atom. The highest BCUT2D eigenvalue weighted by molar-refractivity contribution is 5.78. The van der Waals surface area contributed by atoms with Crippen LogP contribution in [-0.2, 0) is 7.05 Å². The van der Waals surface area contributed by atoms with Gasteiger partial charge in [-0.25, -0.2) is 0 Å². The lowest BCUT2D eigenvalue weighted by atomic mass is 10.3. The van der Waals surface area contributed by atoms with Gasteiger partial charge in [0.25, 0.3) is 0 Å². The second-order valence-electron chi connectivity index (χ2n) is 3.14. The van der Waals surface area contributed by atoms with Crippen molar-refractivity contribution < 1.29 is 0 Å². The van der Waals surface area contributed by atoms with E-state index >= 15 is 0 Å². The van der Waals surface area contributed by atoms with Gasteiger partial charge < -0.3 is 4.57 Å². The Bertz CT molecular complexity index is 429. The van der Waals surface area contributed by atoms with Crippen molar-refractivity contribution in [3.8, 4) is 0 Å². The minimum Gasteiger partial charge on any atom is -0.349 e. The van der Waals surface area contributed by atoms with Crippen LogP contribution in [0.5, 0.6) is 0 Å². The van der Waals surface area contributed by atoms with E-state index in [0.29, 0.717) is 0 Å². The number of aromatic nitrogens is 3. The van der Waals surface area contributed by atoms with Gasteiger partial charge >= 0.3 is 0 Å². The third kappa shape index (κ3) is 1.76.